The van der Waals surface area contributed by atoms with Crippen molar-refractivity contribution in [3.05, 3.63) is 0 Å². The molecule has 1 atom stereocenters. The topological polar surface area (TPSA) is 49.3 Å². The quantitative estimate of drug-likeness (QED) is 0.711. The fourth-order valence-corrected chi connectivity index (χ4v) is 1.27. The third-order valence-corrected chi connectivity index (χ3v) is 3.22. The van der Waals surface area contributed by atoms with Gasteiger partial charge in [0.05, 0.1) is 5.60 Å². The van der Waals surface area contributed by atoms with Gasteiger partial charge in [-0.15, -0.1) is 0 Å². The van der Waals surface area contributed by atoms with Crippen LogP contribution >= 0.6 is 0 Å². The Kier molecular flexibility index (Phi) is 5.88. The minimum Gasteiger partial charge on any atom is -0.388 e. The van der Waals surface area contributed by atoms with Gasteiger partial charge in [-0.1, -0.05) is 27.7 Å². The van der Waals surface area contributed by atoms with Crippen LogP contribution in [0.1, 0.15) is 47.5 Å². The summed E-state index contributed by atoms with van der Waals surface area (Å²) in [6.45, 7) is 10.0. The Bertz CT molecular complexity index is 196. The minimum absolute atomic E-state index is 0.0564. The van der Waals surface area contributed by atoms with Crippen molar-refractivity contribution in [2.45, 2.75) is 53.1 Å². The molecule has 0 aromatic rings. The van der Waals surface area contributed by atoms with Crippen molar-refractivity contribution in [1.29, 1.82) is 0 Å². The summed E-state index contributed by atoms with van der Waals surface area (Å²) in [5.74, 6) is 0.272. The van der Waals surface area contributed by atoms with E-state index in [1.165, 1.54) is 0 Å². The van der Waals surface area contributed by atoms with Crippen molar-refractivity contribution in [2.75, 3.05) is 6.54 Å². The van der Waals surface area contributed by atoms with Gasteiger partial charge in [-0.2, -0.15) is 0 Å². The molecule has 0 radical (unpaired) electrons. The van der Waals surface area contributed by atoms with E-state index in [1.54, 1.807) is 6.92 Å². The van der Waals surface area contributed by atoms with E-state index in [0.717, 1.165) is 12.8 Å². The summed E-state index contributed by atoms with van der Waals surface area (Å²) in [4.78, 5) is 11.7. The summed E-state index contributed by atoms with van der Waals surface area (Å²) in [5.41, 5.74) is -0.818. The van der Waals surface area contributed by atoms with Gasteiger partial charge in [0.2, 0.25) is 5.91 Å². The van der Waals surface area contributed by atoms with E-state index in [4.69, 9.17) is 0 Å². The molecule has 3 heteroatoms. The first kappa shape index (κ1) is 14.4. The van der Waals surface area contributed by atoms with Crippen LogP contribution in [0.2, 0.25) is 0 Å². The number of carbonyl (C=O) groups is 1. The van der Waals surface area contributed by atoms with Crippen molar-refractivity contribution < 1.29 is 9.90 Å². The maximum atomic E-state index is 11.7. The first-order chi connectivity index (χ1) is 6.85. The van der Waals surface area contributed by atoms with E-state index in [9.17, 15) is 9.90 Å². The highest BCUT2D eigenvalue weighted by Crippen LogP contribution is 2.15. The Morgan fingerprint density at radius 1 is 1.33 bits per heavy atom. The average Bonchev–Trinajstić information content (AvgIpc) is 2.16. The molecule has 0 rings (SSSR count). The molecule has 0 saturated carbocycles. The van der Waals surface area contributed by atoms with E-state index in [-0.39, 0.29) is 17.7 Å². The summed E-state index contributed by atoms with van der Waals surface area (Å²) in [6.07, 6.45) is 1.71. The minimum atomic E-state index is -0.818. The molecule has 15 heavy (non-hydrogen) atoms. The maximum Gasteiger partial charge on any atom is 0.223 e. The van der Waals surface area contributed by atoms with Gasteiger partial charge in [-0.25, -0.2) is 0 Å². The first-order valence-corrected chi connectivity index (χ1v) is 5.85. The molecular weight excluding hydrogens is 190 g/mol. The molecule has 0 spiro atoms. The van der Waals surface area contributed by atoms with Gasteiger partial charge in [-0.05, 0) is 25.7 Å². The zero-order chi connectivity index (χ0) is 12.1. The maximum absolute atomic E-state index is 11.7. The normalized spacial score (nSPS) is 15.5. The zero-order valence-electron chi connectivity index (χ0n) is 10.6. The SMILES string of the molecule is CCC(CC)C(=O)NCC(C)(O)C(C)C. The van der Waals surface area contributed by atoms with Crippen molar-refractivity contribution in [3.8, 4) is 0 Å². The van der Waals surface area contributed by atoms with Crippen LogP contribution < -0.4 is 5.32 Å². The molecule has 0 aromatic carbocycles. The van der Waals surface area contributed by atoms with Crippen LogP contribution in [0.3, 0.4) is 0 Å². The largest absolute Gasteiger partial charge is 0.388 e. The van der Waals surface area contributed by atoms with Gasteiger partial charge in [-0.3, -0.25) is 4.79 Å². The molecule has 3 nitrogen and oxygen atoms in total. The average molecular weight is 215 g/mol. The molecule has 90 valence electrons. The standard InChI is InChI=1S/C12H25NO2/c1-6-10(7-2)11(14)13-8-12(5,15)9(3)4/h9-10,15H,6-8H2,1-5H3,(H,13,14). The van der Waals surface area contributed by atoms with Crippen LogP contribution in [-0.4, -0.2) is 23.2 Å². The summed E-state index contributed by atoms with van der Waals surface area (Å²) >= 11 is 0. The molecule has 0 aliphatic rings. The summed E-state index contributed by atoms with van der Waals surface area (Å²) in [6, 6.07) is 0. The molecule has 0 heterocycles. The van der Waals surface area contributed by atoms with Gasteiger partial charge in [0.15, 0.2) is 0 Å². The first-order valence-electron chi connectivity index (χ1n) is 5.85. The van der Waals surface area contributed by atoms with E-state index >= 15 is 0 Å². The molecule has 0 aromatic heterocycles. The lowest BCUT2D eigenvalue weighted by Gasteiger charge is -2.28. The van der Waals surface area contributed by atoms with Gasteiger partial charge in [0, 0.05) is 12.5 Å². The van der Waals surface area contributed by atoms with Gasteiger partial charge < -0.3 is 10.4 Å². The lowest BCUT2D eigenvalue weighted by Crippen LogP contribution is -2.45. The Hall–Kier alpha value is -0.570. The third-order valence-electron chi connectivity index (χ3n) is 3.22. The number of rotatable bonds is 6. The van der Waals surface area contributed by atoms with E-state index < -0.39 is 5.60 Å². The predicted octanol–water partition coefficient (Wildman–Crippen LogP) is 1.95. The molecule has 1 amide bonds. The number of carbonyl (C=O) groups excluding carboxylic acids is 1. The Balaban J connectivity index is 4.10. The number of hydrogen-bond acceptors (Lipinski definition) is 2. The molecule has 0 bridgehead atoms. The van der Waals surface area contributed by atoms with Crippen molar-refractivity contribution in [2.24, 2.45) is 11.8 Å². The van der Waals surface area contributed by atoms with Gasteiger partial charge in [0.25, 0.3) is 0 Å². The van der Waals surface area contributed by atoms with Crippen LogP contribution in [0.25, 0.3) is 0 Å². The second kappa shape index (κ2) is 6.11. The monoisotopic (exact) mass is 215 g/mol. The smallest absolute Gasteiger partial charge is 0.223 e. The Labute approximate surface area is 93.3 Å². The number of hydrogen-bond donors (Lipinski definition) is 2. The van der Waals surface area contributed by atoms with Crippen LogP contribution in [0, 0.1) is 11.8 Å². The summed E-state index contributed by atoms with van der Waals surface area (Å²) < 4.78 is 0. The predicted molar refractivity (Wildman–Crippen MR) is 62.5 cm³/mol. The van der Waals surface area contributed by atoms with Crippen molar-refractivity contribution in [3.63, 3.8) is 0 Å². The molecule has 2 N–H and O–H groups in total. The molecule has 1 unspecified atom stereocenters. The second-order valence-corrected chi connectivity index (χ2v) is 4.74. The third kappa shape index (κ3) is 4.65. The lowest BCUT2D eigenvalue weighted by atomic mass is 9.92. The van der Waals surface area contributed by atoms with E-state index in [2.05, 4.69) is 5.32 Å². The fourth-order valence-electron chi connectivity index (χ4n) is 1.27. The highest BCUT2D eigenvalue weighted by atomic mass is 16.3. The zero-order valence-corrected chi connectivity index (χ0v) is 10.6. The van der Waals surface area contributed by atoms with Crippen LogP contribution in [0.5, 0.6) is 0 Å². The van der Waals surface area contributed by atoms with Gasteiger partial charge in [0.1, 0.15) is 0 Å². The van der Waals surface area contributed by atoms with Gasteiger partial charge >= 0.3 is 0 Å². The Morgan fingerprint density at radius 2 is 1.80 bits per heavy atom. The van der Waals surface area contributed by atoms with Crippen LogP contribution in [-0.2, 0) is 4.79 Å². The number of aliphatic hydroxyl groups is 1. The molecule has 0 aliphatic carbocycles. The fraction of sp³-hybridized carbons (Fsp3) is 0.917. The Morgan fingerprint density at radius 3 is 2.13 bits per heavy atom. The molecule has 0 fully saturated rings. The summed E-state index contributed by atoms with van der Waals surface area (Å²) in [7, 11) is 0. The van der Waals surface area contributed by atoms with Crippen LogP contribution in [0.15, 0.2) is 0 Å². The highest BCUT2D eigenvalue weighted by molar-refractivity contribution is 5.78. The van der Waals surface area contributed by atoms with Crippen molar-refractivity contribution in [1.82, 2.24) is 5.32 Å². The lowest BCUT2D eigenvalue weighted by molar-refractivity contribution is -0.126. The number of amides is 1. The van der Waals surface area contributed by atoms with E-state index in [0.29, 0.717) is 6.54 Å². The molecular formula is C12H25NO2. The second-order valence-electron chi connectivity index (χ2n) is 4.74. The van der Waals surface area contributed by atoms with E-state index in [1.807, 2.05) is 27.7 Å². The highest BCUT2D eigenvalue weighted by Gasteiger charge is 2.26. The molecule has 0 aliphatic heterocycles. The van der Waals surface area contributed by atoms with Crippen molar-refractivity contribution >= 4 is 5.91 Å². The molecule has 0 saturated heterocycles. The number of nitrogens with one attached hydrogen (secondary N) is 1. The summed E-state index contributed by atoms with van der Waals surface area (Å²) in [5, 5.41) is 12.8. The van der Waals surface area contributed by atoms with Crippen LogP contribution in [0.4, 0.5) is 0 Å².